The third-order valence-electron chi connectivity index (χ3n) is 5.10. The highest BCUT2D eigenvalue weighted by Crippen LogP contribution is 2.32. The predicted molar refractivity (Wildman–Crippen MR) is 111 cm³/mol. The Labute approximate surface area is 186 Å². The molecule has 10 heteroatoms. The van der Waals surface area contributed by atoms with Crippen LogP contribution in [0.25, 0.3) is 0 Å². The van der Waals surface area contributed by atoms with Gasteiger partial charge < -0.3 is 5.32 Å². The van der Waals surface area contributed by atoms with Gasteiger partial charge in [-0.3, -0.25) is 9.69 Å². The van der Waals surface area contributed by atoms with Crippen molar-refractivity contribution in [1.82, 2.24) is 20.4 Å². The first kappa shape index (κ1) is 22.3. The molecule has 168 valence electrons. The summed E-state index contributed by atoms with van der Waals surface area (Å²) in [6, 6.07) is 11.4. The molecule has 0 radical (unpaired) electrons. The number of hydrogen-bond donors (Lipinski definition) is 1. The summed E-state index contributed by atoms with van der Waals surface area (Å²) in [6.45, 7) is 1.21. The fourth-order valence-corrected chi connectivity index (χ4v) is 4.01. The molecule has 1 aromatic heterocycles. The molecule has 1 N–H and O–H groups in total. The summed E-state index contributed by atoms with van der Waals surface area (Å²) in [5.74, 6) is -0.704. The van der Waals surface area contributed by atoms with Gasteiger partial charge in [-0.2, -0.15) is 13.2 Å². The molecule has 5 nitrogen and oxygen atoms in total. The van der Waals surface area contributed by atoms with E-state index in [0.29, 0.717) is 24.1 Å². The first-order valence-corrected chi connectivity index (χ1v) is 10.8. The molecule has 0 aliphatic heterocycles. The number of carbonyl (C=O) groups is 1. The number of amides is 1. The maximum atomic E-state index is 13.0. The largest absolute Gasteiger partial charge is 0.416 e. The lowest BCUT2D eigenvalue weighted by Gasteiger charge is -2.20. The van der Waals surface area contributed by atoms with Crippen LogP contribution in [0.1, 0.15) is 44.3 Å². The third kappa shape index (κ3) is 5.89. The molecule has 1 amide bonds. The van der Waals surface area contributed by atoms with E-state index in [0.717, 1.165) is 36.1 Å². The average Bonchev–Trinajstić information content (AvgIpc) is 3.51. The summed E-state index contributed by atoms with van der Waals surface area (Å²) in [7, 11) is 0. The minimum Gasteiger partial charge on any atom is -0.346 e. The molecular formula is C22H20F4N4OS. The van der Waals surface area contributed by atoms with Crippen molar-refractivity contribution < 1.29 is 22.4 Å². The fourth-order valence-electron chi connectivity index (χ4n) is 3.23. The van der Waals surface area contributed by atoms with Crippen LogP contribution in [0.5, 0.6) is 0 Å². The van der Waals surface area contributed by atoms with Gasteiger partial charge in [0, 0.05) is 19.1 Å². The Morgan fingerprint density at radius 2 is 1.66 bits per heavy atom. The smallest absolute Gasteiger partial charge is 0.346 e. The predicted octanol–water partition coefficient (Wildman–Crippen LogP) is 4.79. The molecule has 4 rings (SSSR count). The molecular weight excluding hydrogens is 444 g/mol. The maximum Gasteiger partial charge on any atom is 0.416 e. The molecule has 1 saturated carbocycles. The topological polar surface area (TPSA) is 58.1 Å². The Morgan fingerprint density at radius 3 is 2.28 bits per heavy atom. The second-order valence-electron chi connectivity index (χ2n) is 7.64. The van der Waals surface area contributed by atoms with Gasteiger partial charge in [0.25, 0.3) is 5.91 Å². The summed E-state index contributed by atoms with van der Waals surface area (Å²) >= 11 is 1.18. The molecule has 32 heavy (non-hydrogen) atoms. The molecule has 1 aliphatic carbocycles. The number of alkyl halides is 3. The van der Waals surface area contributed by atoms with Crippen molar-refractivity contribution in [1.29, 1.82) is 0 Å². The van der Waals surface area contributed by atoms with E-state index >= 15 is 0 Å². The van der Waals surface area contributed by atoms with E-state index in [4.69, 9.17) is 0 Å². The SMILES string of the molecule is O=C(NCc1ccc(F)cc1)c1nnc(CN(Cc2ccc(C(F)(F)F)cc2)C2CC2)s1. The Balaban J connectivity index is 1.35. The number of hydrogen-bond acceptors (Lipinski definition) is 5. The van der Waals surface area contributed by atoms with Gasteiger partial charge in [-0.15, -0.1) is 10.2 Å². The van der Waals surface area contributed by atoms with Gasteiger partial charge in [0.15, 0.2) is 0 Å². The second kappa shape index (κ2) is 9.33. The quantitative estimate of drug-likeness (QED) is 0.487. The molecule has 0 atom stereocenters. The van der Waals surface area contributed by atoms with Gasteiger partial charge in [0.2, 0.25) is 5.01 Å². The first-order chi connectivity index (χ1) is 15.3. The number of halogens is 4. The molecule has 0 spiro atoms. The number of nitrogens with one attached hydrogen (secondary N) is 1. The van der Waals surface area contributed by atoms with Crippen molar-refractivity contribution in [3.05, 3.63) is 81.1 Å². The summed E-state index contributed by atoms with van der Waals surface area (Å²) in [6.07, 6.45) is -2.32. The van der Waals surface area contributed by atoms with Crippen LogP contribution in [0, 0.1) is 5.82 Å². The zero-order valence-corrected chi connectivity index (χ0v) is 17.7. The van der Waals surface area contributed by atoms with E-state index < -0.39 is 11.7 Å². The van der Waals surface area contributed by atoms with Crippen molar-refractivity contribution in [2.24, 2.45) is 0 Å². The molecule has 3 aromatic rings. The summed E-state index contributed by atoms with van der Waals surface area (Å²) in [4.78, 5) is 14.5. The number of benzene rings is 2. The first-order valence-electron chi connectivity index (χ1n) is 10.0. The number of aromatic nitrogens is 2. The van der Waals surface area contributed by atoms with E-state index in [1.54, 1.807) is 12.1 Å². The van der Waals surface area contributed by atoms with Crippen LogP contribution in [0.15, 0.2) is 48.5 Å². The van der Waals surface area contributed by atoms with Crippen LogP contribution in [0.3, 0.4) is 0 Å². The lowest BCUT2D eigenvalue weighted by Crippen LogP contribution is -2.25. The molecule has 0 unspecified atom stereocenters. The number of carbonyl (C=O) groups excluding carboxylic acids is 1. The van der Waals surface area contributed by atoms with E-state index in [-0.39, 0.29) is 23.3 Å². The van der Waals surface area contributed by atoms with Crippen LogP contribution in [0.4, 0.5) is 17.6 Å². The highest BCUT2D eigenvalue weighted by Gasteiger charge is 2.32. The van der Waals surface area contributed by atoms with E-state index in [1.165, 1.54) is 35.6 Å². The fraction of sp³-hybridized carbons (Fsp3) is 0.318. The van der Waals surface area contributed by atoms with Gasteiger partial charge in [-0.1, -0.05) is 35.6 Å². The standard InChI is InChI=1S/C22H20F4N4OS/c23-17-7-3-14(4-8-17)11-27-20(31)21-29-28-19(32-21)13-30(18-9-10-18)12-15-1-5-16(6-2-15)22(24,25)26/h1-8,18H,9-13H2,(H,27,31). The summed E-state index contributed by atoms with van der Waals surface area (Å²) < 4.78 is 51.3. The number of nitrogens with zero attached hydrogens (tertiary/aromatic N) is 3. The lowest BCUT2D eigenvalue weighted by atomic mass is 10.1. The van der Waals surface area contributed by atoms with Crippen LogP contribution in [-0.4, -0.2) is 27.0 Å². The van der Waals surface area contributed by atoms with Gasteiger partial charge in [0.05, 0.1) is 12.1 Å². The maximum absolute atomic E-state index is 13.0. The minimum atomic E-state index is -4.35. The average molecular weight is 464 g/mol. The highest BCUT2D eigenvalue weighted by molar-refractivity contribution is 7.13. The van der Waals surface area contributed by atoms with E-state index in [9.17, 15) is 22.4 Å². The molecule has 0 bridgehead atoms. The molecule has 2 aromatic carbocycles. The third-order valence-corrected chi connectivity index (χ3v) is 6.00. The van der Waals surface area contributed by atoms with Crippen LogP contribution < -0.4 is 5.32 Å². The molecule has 0 saturated heterocycles. The Bertz CT molecular complexity index is 1060. The van der Waals surface area contributed by atoms with Crippen molar-refractivity contribution in [2.45, 2.75) is 44.7 Å². The van der Waals surface area contributed by atoms with E-state index in [2.05, 4.69) is 20.4 Å². The molecule has 1 fully saturated rings. The normalized spacial score (nSPS) is 14.0. The highest BCUT2D eigenvalue weighted by atomic mass is 32.1. The van der Waals surface area contributed by atoms with E-state index in [1.807, 2.05) is 0 Å². The monoisotopic (exact) mass is 464 g/mol. The molecule has 1 heterocycles. The van der Waals surface area contributed by atoms with Crippen LogP contribution >= 0.6 is 11.3 Å². The van der Waals surface area contributed by atoms with Gasteiger partial charge in [-0.05, 0) is 48.2 Å². The lowest BCUT2D eigenvalue weighted by molar-refractivity contribution is -0.137. The Morgan fingerprint density at radius 1 is 1.00 bits per heavy atom. The Kier molecular flexibility index (Phi) is 6.52. The second-order valence-corrected chi connectivity index (χ2v) is 8.70. The van der Waals surface area contributed by atoms with Gasteiger partial charge in [-0.25, -0.2) is 4.39 Å². The van der Waals surface area contributed by atoms with Crippen LogP contribution in [-0.2, 0) is 25.8 Å². The minimum absolute atomic E-state index is 0.229. The van der Waals surface area contributed by atoms with Crippen molar-refractivity contribution >= 4 is 17.2 Å². The molecule has 1 aliphatic rings. The van der Waals surface area contributed by atoms with Crippen LogP contribution in [0.2, 0.25) is 0 Å². The zero-order valence-electron chi connectivity index (χ0n) is 16.9. The zero-order chi connectivity index (χ0) is 22.7. The van der Waals surface area contributed by atoms with Gasteiger partial charge in [0.1, 0.15) is 10.8 Å². The number of rotatable bonds is 8. The van der Waals surface area contributed by atoms with Crippen molar-refractivity contribution in [2.75, 3.05) is 0 Å². The Hall–Kier alpha value is -2.85. The summed E-state index contributed by atoms with van der Waals surface area (Å²) in [5, 5.41) is 11.7. The van der Waals surface area contributed by atoms with Crippen molar-refractivity contribution in [3.8, 4) is 0 Å². The van der Waals surface area contributed by atoms with Gasteiger partial charge >= 0.3 is 6.18 Å². The van der Waals surface area contributed by atoms with Crippen molar-refractivity contribution in [3.63, 3.8) is 0 Å². The summed E-state index contributed by atoms with van der Waals surface area (Å²) in [5.41, 5.74) is 0.882.